The molecule has 9 nitrogen and oxygen atoms in total. The zero-order valence-electron chi connectivity index (χ0n) is 24.2. The highest BCUT2D eigenvalue weighted by molar-refractivity contribution is 7.91. The number of thiazole rings is 1. The predicted octanol–water partition coefficient (Wildman–Crippen LogP) is 3.99. The fourth-order valence-corrected chi connectivity index (χ4v) is 7.63. The van der Waals surface area contributed by atoms with Crippen molar-refractivity contribution < 1.29 is 22.4 Å². The van der Waals surface area contributed by atoms with E-state index in [4.69, 9.17) is 0 Å². The number of aromatic nitrogens is 1. The first-order valence-electron chi connectivity index (χ1n) is 14.5. The zero-order valence-corrected chi connectivity index (χ0v) is 25.8. The predicted molar refractivity (Wildman–Crippen MR) is 161 cm³/mol. The third-order valence-corrected chi connectivity index (χ3v) is 11.0. The number of amides is 2. The van der Waals surface area contributed by atoms with E-state index in [1.807, 2.05) is 12.1 Å². The van der Waals surface area contributed by atoms with E-state index in [-0.39, 0.29) is 41.1 Å². The standard InChI is InChI=1S/C29H42FN5O4S2/c1-4-41(38,39)15-14-34-13-11-26(32-28(37)33-29-31-20(2)27(40-29)21(3)36)24(18-34)19-35-12-5-6-23(17-35)16-22-7-9-25(30)10-8-22/h7-10,23-24,26H,4-6,11-19H2,1-3H3,(H2,31,32,33,37)/t23-,24-,26+/m0/s1. The lowest BCUT2D eigenvalue weighted by atomic mass is 9.88. The molecule has 2 aliphatic rings. The molecule has 12 heteroatoms. The molecule has 0 radical (unpaired) electrons. The lowest BCUT2D eigenvalue weighted by Gasteiger charge is -2.42. The van der Waals surface area contributed by atoms with Crippen molar-refractivity contribution in [2.45, 2.75) is 52.5 Å². The molecule has 2 aromatic rings. The van der Waals surface area contributed by atoms with Crippen molar-refractivity contribution in [1.29, 1.82) is 0 Å². The van der Waals surface area contributed by atoms with Gasteiger partial charge in [-0.05, 0) is 62.8 Å². The number of rotatable bonds is 11. The fourth-order valence-electron chi connectivity index (χ4n) is 5.95. The van der Waals surface area contributed by atoms with Gasteiger partial charge in [0.15, 0.2) is 20.8 Å². The summed E-state index contributed by atoms with van der Waals surface area (Å²) in [5, 5.41) is 6.35. The lowest BCUT2D eigenvalue weighted by Crippen LogP contribution is -2.56. The number of anilines is 1. The zero-order chi connectivity index (χ0) is 29.6. The molecule has 0 spiro atoms. The first kappa shape index (κ1) is 31.5. The molecule has 2 fully saturated rings. The van der Waals surface area contributed by atoms with Crippen LogP contribution in [-0.2, 0) is 16.3 Å². The Balaban J connectivity index is 1.40. The molecule has 41 heavy (non-hydrogen) atoms. The van der Waals surface area contributed by atoms with Crippen molar-refractivity contribution in [3.63, 3.8) is 0 Å². The number of hydrogen-bond donors (Lipinski definition) is 2. The van der Waals surface area contributed by atoms with Crippen LogP contribution in [0, 0.1) is 24.6 Å². The summed E-state index contributed by atoms with van der Waals surface area (Å²) in [5.74, 6) is 0.570. The minimum Gasteiger partial charge on any atom is -0.335 e. The first-order valence-corrected chi connectivity index (χ1v) is 17.1. The van der Waals surface area contributed by atoms with Gasteiger partial charge in [-0.3, -0.25) is 10.1 Å². The van der Waals surface area contributed by atoms with E-state index in [1.54, 1.807) is 13.8 Å². The smallest absolute Gasteiger partial charge is 0.321 e. The van der Waals surface area contributed by atoms with E-state index in [0.29, 0.717) is 47.7 Å². The van der Waals surface area contributed by atoms with Crippen molar-refractivity contribution in [2.24, 2.45) is 11.8 Å². The largest absolute Gasteiger partial charge is 0.335 e. The lowest BCUT2D eigenvalue weighted by molar-refractivity contribution is 0.0878. The molecule has 0 bridgehead atoms. The number of likely N-dealkylation sites (tertiary alicyclic amines) is 2. The van der Waals surface area contributed by atoms with Gasteiger partial charge in [0.1, 0.15) is 5.82 Å². The second-order valence-corrected chi connectivity index (χ2v) is 14.9. The number of Topliss-reactive ketones (excluding diaryl/α,β-unsaturated/α-hetero) is 1. The van der Waals surface area contributed by atoms with Crippen LogP contribution in [0.15, 0.2) is 24.3 Å². The van der Waals surface area contributed by atoms with Gasteiger partial charge < -0.3 is 15.1 Å². The number of halogens is 1. The summed E-state index contributed by atoms with van der Waals surface area (Å²) in [5.41, 5.74) is 1.74. The molecular formula is C29H42FN5O4S2. The van der Waals surface area contributed by atoms with Crippen molar-refractivity contribution in [2.75, 3.05) is 56.1 Å². The van der Waals surface area contributed by atoms with Crippen LogP contribution >= 0.6 is 11.3 Å². The molecule has 1 aromatic heterocycles. The Morgan fingerprint density at radius 1 is 1.12 bits per heavy atom. The number of ketones is 1. The second-order valence-electron chi connectivity index (χ2n) is 11.4. The number of piperidine rings is 2. The number of hydrogen-bond acceptors (Lipinski definition) is 8. The summed E-state index contributed by atoms with van der Waals surface area (Å²) >= 11 is 1.17. The van der Waals surface area contributed by atoms with E-state index in [1.165, 1.54) is 30.4 Å². The molecule has 2 N–H and O–H groups in total. The van der Waals surface area contributed by atoms with Crippen LogP contribution < -0.4 is 10.6 Å². The van der Waals surface area contributed by atoms with E-state index in [0.717, 1.165) is 44.5 Å². The minimum absolute atomic E-state index is 0.0785. The summed E-state index contributed by atoms with van der Waals surface area (Å²) in [4.78, 5) is 34.3. The normalized spacial score (nSPS) is 22.4. The van der Waals surface area contributed by atoms with Crippen LogP contribution in [0.4, 0.5) is 14.3 Å². The SMILES string of the molecule is CCS(=O)(=O)CCN1CC[C@@H](NC(=O)Nc2nc(C)c(C(C)=O)s2)[C@H](CN2CCC[C@@H](Cc3ccc(F)cc3)C2)C1. The van der Waals surface area contributed by atoms with E-state index in [9.17, 15) is 22.4 Å². The Labute approximate surface area is 246 Å². The number of carbonyl (C=O) groups is 2. The topological polar surface area (TPSA) is 112 Å². The van der Waals surface area contributed by atoms with Crippen molar-refractivity contribution in [3.05, 3.63) is 46.2 Å². The van der Waals surface area contributed by atoms with Gasteiger partial charge in [-0.2, -0.15) is 0 Å². The van der Waals surface area contributed by atoms with Crippen LogP contribution in [0.3, 0.4) is 0 Å². The van der Waals surface area contributed by atoms with Gasteiger partial charge in [0.25, 0.3) is 0 Å². The van der Waals surface area contributed by atoms with E-state index in [2.05, 4.69) is 25.4 Å². The average molecular weight is 608 g/mol. The summed E-state index contributed by atoms with van der Waals surface area (Å²) < 4.78 is 37.7. The van der Waals surface area contributed by atoms with E-state index >= 15 is 0 Å². The summed E-state index contributed by atoms with van der Waals surface area (Å²) in [6, 6.07) is 6.32. The van der Waals surface area contributed by atoms with Gasteiger partial charge in [0.2, 0.25) is 0 Å². The van der Waals surface area contributed by atoms with Gasteiger partial charge >= 0.3 is 6.03 Å². The van der Waals surface area contributed by atoms with Gasteiger partial charge in [0.05, 0.1) is 16.3 Å². The Hall–Kier alpha value is -2.41. The number of benzene rings is 1. The fraction of sp³-hybridized carbons (Fsp3) is 0.621. The summed E-state index contributed by atoms with van der Waals surface area (Å²) in [6.07, 6.45) is 3.82. The van der Waals surface area contributed by atoms with Crippen molar-refractivity contribution in [1.82, 2.24) is 20.1 Å². The number of urea groups is 1. The Morgan fingerprint density at radius 2 is 1.88 bits per heavy atom. The highest BCUT2D eigenvalue weighted by atomic mass is 32.2. The van der Waals surface area contributed by atoms with E-state index < -0.39 is 9.84 Å². The molecule has 1 aromatic carbocycles. The molecule has 2 aliphatic heterocycles. The Morgan fingerprint density at radius 3 is 2.56 bits per heavy atom. The number of nitrogens with one attached hydrogen (secondary N) is 2. The van der Waals surface area contributed by atoms with Crippen molar-refractivity contribution >= 4 is 38.1 Å². The monoisotopic (exact) mass is 607 g/mol. The molecule has 4 rings (SSSR count). The Kier molecular flexibility index (Phi) is 10.9. The molecule has 0 saturated carbocycles. The van der Waals surface area contributed by atoms with Crippen LogP contribution in [0.2, 0.25) is 0 Å². The maximum Gasteiger partial charge on any atom is 0.321 e. The summed E-state index contributed by atoms with van der Waals surface area (Å²) in [6.45, 7) is 9.52. The molecule has 3 atom stereocenters. The highest BCUT2D eigenvalue weighted by Gasteiger charge is 2.33. The summed E-state index contributed by atoms with van der Waals surface area (Å²) in [7, 11) is -3.06. The number of sulfone groups is 1. The van der Waals surface area contributed by atoms with Crippen LogP contribution in [-0.4, -0.2) is 91.8 Å². The molecule has 3 heterocycles. The molecule has 0 unspecified atom stereocenters. The molecule has 2 saturated heterocycles. The third-order valence-electron chi connectivity index (χ3n) is 8.16. The maximum absolute atomic E-state index is 13.4. The van der Waals surface area contributed by atoms with Crippen molar-refractivity contribution in [3.8, 4) is 0 Å². The molecule has 226 valence electrons. The first-order chi connectivity index (χ1) is 19.5. The second kappa shape index (κ2) is 14.2. The molecule has 2 amide bonds. The number of nitrogens with zero attached hydrogens (tertiary/aromatic N) is 3. The van der Waals surface area contributed by atoms with Crippen LogP contribution in [0.5, 0.6) is 0 Å². The molecule has 0 aliphatic carbocycles. The number of aryl methyl sites for hydroxylation is 1. The maximum atomic E-state index is 13.4. The van der Waals surface area contributed by atoms with Gasteiger partial charge in [-0.15, -0.1) is 0 Å². The van der Waals surface area contributed by atoms with Crippen LogP contribution in [0.25, 0.3) is 0 Å². The Bertz CT molecular complexity index is 1300. The van der Waals surface area contributed by atoms with Gasteiger partial charge in [0, 0.05) is 57.4 Å². The highest BCUT2D eigenvalue weighted by Crippen LogP contribution is 2.26. The van der Waals surface area contributed by atoms with Gasteiger partial charge in [-0.25, -0.2) is 22.6 Å². The minimum atomic E-state index is -3.06. The average Bonchev–Trinajstić information content (AvgIpc) is 3.30. The quantitative estimate of drug-likeness (QED) is 0.372. The molecular weight excluding hydrogens is 565 g/mol. The third kappa shape index (κ3) is 9.29. The number of carbonyl (C=O) groups excluding carboxylic acids is 2. The van der Waals surface area contributed by atoms with Crippen LogP contribution in [0.1, 0.15) is 54.0 Å². The van der Waals surface area contributed by atoms with Gasteiger partial charge in [-0.1, -0.05) is 30.4 Å².